The molecule has 2 aromatic carbocycles. The van der Waals surface area contributed by atoms with Gasteiger partial charge in [0, 0.05) is 25.0 Å². The molecule has 1 N–H and O–H groups in total. The van der Waals surface area contributed by atoms with Crippen molar-refractivity contribution in [2.24, 2.45) is 0 Å². The van der Waals surface area contributed by atoms with Crippen molar-refractivity contribution in [1.82, 2.24) is 14.6 Å². The highest BCUT2D eigenvalue weighted by molar-refractivity contribution is 7.89. The number of hydrogen-bond donors (Lipinski definition) is 1. The minimum atomic E-state index is -3.54. The minimum Gasteiger partial charge on any atom is -0.379 e. The maximum absolute atomic E-state index is 13.1. The van der Waals surface area contributed by atoms with E-state index in [9.17, 15) is 13.2 Å². The van der Waals surface area contributed by atoms with Crippen molar-refractivity contribution in [2.75, 3.05) is 26.3 Å². The molecule has 0 unspecified atom stereocenters. The number of carbonyl (C=O) groups is 1. The summed E-state index contributed by atoms with van der Waals surface area (Å²) in [7, 11) is -3.54. The van der Waals surface area contributed by atoms with E-state index in [1.807, 2.05) is 47.8 Å². The Morgan fingerprint density at radius 2 is 1.79 bits per heavy atom. The third kappa shape index (κ3) is 4.60. The highest BCUT2D eigenvalue weighted by Gasteiger charge is 2.26. The van der Waals surface area contributed by atoms with Crippen LogP contribution < -0.4 is 5.32 Å². The predicted molar refractivity (Wildman–Crippen MR) is 132 cm³/mol. The van der Waals surface area contributed by atoms with Gasteiger partial charge in [0.25, 0.3) is 5.91 Å². The molecule has 0 saturated carbocycles. The molecule has 174 valence electrons. The lowest BCUT2D eigenvalue weighted by atomic mass is 10.1. The lowest BCUT2D eigenvalue weighted by Crippen LogP contribution is -2.40. The van der Waals surface area contributed by atoms with E-state index in [2.05, 4.69) is 5.32 Å². The predicted octanol–water partition coefficient (Wildman–Crippen LogP) is 3.91. The topological polar surface area (TPSA) is 88.6 Å². The van der Waals surface area contributed by atoms with Crippen LogP contribution in [0.25, 0.3) is 21.5 Å². The Balaban J connectivity index is 1.34. The molecule has 5 rings (SSSR count). The SMILES string of the molecule is O=C(NCc1ccc(S(=O)(=O)N2CCOCC2)cc1)c1cc(-c2cccs2)nc2ccccc12. The summed E-state index contributed by atoms with van der Waals surface area (Å²) in [4.78, 5) is 19.1. The van der Waals surface area contributed by atoms with E-state index in [0.29, 0.717) is 31.9 Å². The first-order chi connectivity index (χ1) is 16.5. The van der Waals surface area contributed by atoms with Gasteiger partial charge in [-0.3, -0.25) is 4.79 Å². The van der Waals surface area contributed by atoms with E-state index in [1.165, 1.54) is 4.31 Å². The van der Waals surface area contributed by atoms with E-state index in [-0.39, 0.29) is 17.3 Å². The molecule has 9 heteroatoms. The van der Waals surface area contributed by atoms with Crippen LogP contribution in [0, 0.1) is 0 Å². The number of hydrogen-bond acceptors (Lipinski definition) is 6. The summed E-state index contributed by atoms with van der Waals surface area (Å²) in [6.07, 6.45) is 0. The number of aromatic nitrogens is 1. The van der Waals surface area contributed by atoms with E-state index >= 15 is 0 Å². The monoisotopic (exact) mass is 493 g/mol. The molecule has 1 aliphatic heterocycles. The highest BCUT2D eigenvalue weighted by atomic mass is 32.2. The summed E-state index contributed by atoms with van der Waals surface area (Å²) >= 11 is 1.57. The Bertz CT molecular complexity index is 1410. The molecule has 2 aromatic heterocycles. The number of benzene rings is 2. The van der Waals surface area contributed by atoms with Crippen molar-refractivity contribution in [3.63, 3.8) is 0 Å². The quantitative estimate of drug-likeness (QED) is 0.440. The number of pyridine rings is 1. The normalized spacial score (nSPS) is 14.8. The maximum atomic E-state index is 13.1. The van der Waals surface area contributed by atoms with E-state index in [0.717, 1.165) is 27.0 Å². The summed E-state index contributed by atoms with van der Waals surface area (Å²) in [6.45, 7) is 1.80. The number of rotatable bonds is 6. The Morgan fingerprint density at radius 1 is 1.03 bits per heavy atom. The number of carbonyl (C=O) groups excluding carboxylic acids is 1. The summed E-state index contributed by atoms with van der Waals surface area (Å²) in [6, 6.07) is 20.0. The standard InChI is InChI=1S/C25H23N3O4S2/c29-25(21-16-23(24-6-3-15-33-24)27-22-5-2-1-4-20(21)22)26-17-18-7-9-19(10-8-18)34(30,31)28-11-13-32-14-12-28/h1-10,15-16H,11-14,17H2,(H,26,29). The van der Waals surface area contributed by atoms with Crippen molar-refractivity contribution in [3.05, 3.63) is 83.2 Å². The first kappa shape index (κ1) is 22.7. The summed E-state index contributed by atoms with van der Waals surface area (Å²) in [5, 5.41) is 5.73. The average Bonchev–Trinajstić information content (AvgIpc) is 3.42. The number of para-hydroxylation sites is 1. The van der Waals surface area contributed by atoms with Gasteiger partial charge in [-0.05, 0) is 41.3 Å². The van der Waals surface area contributed by atoms with Gasteiger partial charge in [-0.2, -0.15) is 4.31 Å². The molecular weight excluding hydrogens is 470 g/mol. The fourth-order valence-electron chi connectivity index (χ4n) is 3.91. The molecule has 3 heterocycles. The second-order valence-electron chi connectivity index (χ2n) is 7.89. The number of nitrogens with one attached hydrogen (secondary N) is 1. The van der Waals surface area contributed by atoms with Gasteiger partial charge in [0.2, 0.25) is 10.0 Å². The number of ether oxygens (including phenoxy) is 1. The van der Waals surface area contributed by atoms with Crippen LogP contribution >= 0.6 is 11.3 Å². The summed E-state index contributed by atoms with van der Waals surface area (Å²) in [5.41, 5.74) is 2.89. The zero-order chi connectivity index (χ0) is 23.5. The molecule has 0 aliphatic carbocycles. The third-order valence-electron chi connectivity index (χ3n) is 5.72. The number of amides is 1. The molecule has 1 fully saturated rings. The second kappa shape index (κ2) is 9.63. The van der Waals surface area contributed by atoms with Gasteiger partial charge in [-0.25, -0.2) is 13.4 Å². The van der Waals surface area contributed by atoms with Crippen LogP contribution in [0.15, 0.2) is 77.0 Å². The van der Waals surface area contributed by atoms with Crippen molar-refractivity contribution in [2.45, 2.75) is 11.4 Å². The molecule has 0 bridgehead atoms. The summed E-state index contributed by atoms with van der Waals surface area (Å²) < 4.78 is 32.3. The van der Waals surface area contributed by atoms with Crippen LogP contribution in [-0.4, -0.2) is 49.9 Å². The van der Waals surface area contributed by atoms with Gasteiger partial charge < -0.3 is 10.1 Å². The maximum Gasteiger partial charge on any atom is 0.252 e. The Kier molecular flexibility index (Phi) is 6.42. The molecule has 0 atom stereocenters. The average molecular weight is 494 g/mol. The number of nitrogens with zero attached hydrogens (tertiary/aromatic N) is 2. The van der Waals surface area contributed by atoms with Crippen molar-refractivity contribution >= 4 is 38.2 Å². The fraction of sp³-hybridized carbons (Fsp3) is 0.200. The third-order valence-corrected chi connectivity index (χ3v) is 8.52. The lowest BCUT2D eigenvalue weighted by Gasteiger charge is -2.26. The summed E-state index contributed by atoms with van der Waals surface area (Å²) in [5.74, 6) is -0.207. The molecule has 7 nitrogen and oxygen atoms in total. The molecule has 1 aliphatic rings. The zero-order valence-corrected chi connectivity index (χ0v) is 19.9. The van der Waals surface area contributed by atoms with Crippen molar-refractivity contribution in [1.29, 1.82) is 0 Å². The second-order valence-corrected chi connectivity index (χ2v) is 10.8. The van der Waals surface area contributed by atoms with E-state index in [1.54, 1.807) is 35.6 Å². The molecule has 0 radical (unpaired) electrons. The van der Waals surface area contributed by atoms with Gasteiger partial charge in [-0.1, -0.05) is 36.4 Å². The number of sulfonamides is 1. The Morgan fingerprint density at radius 3 is 2.53 bits per heavy atom. The Hall–Kier alpha value is -3.11. The molecule has 4 aromatic rings. The van der Waals surface area contributed by atoms with Gasteiger partial charge in [0.05, 0.1) is 39.8 Å². The minimum absolute atomic E-state index is 0.207. The van der Waals surface area contributed by atoms with Crippen molar-refractivity contribution in [3.8, 4) is 10.6 Å². The van der Waals surface area contributed by atoms with Crippen LogP contribution in [0.1, 0.15) is 15.9 Å². The lowest BCUT2D eigenvalue weighted by molar-refractivity contribution is 0.0730. The zero-order valence-electron chi connectivity index (χ0n) is 18.3. The first-order valence-corrected chi connectivity index (χ1v) is 13.2. The van der Waals surface area contributed by atoms with Crippen LogP contribution in [0.2, 0.25) is 0 Å². The molecular formula is C25H23N3O4S2. The molecule has 0 spiro atoms. The van der Waals surface area contributed by atoms with Gasteiger partial charge in [0.15, 0.2) is 0 Å². The number of morpholine rings is 1. The van der Waals surface area contributed by atoms with Gasteiger partial charge in [0.1, 0.15) is 0 Å². The van der Waals surface area contributed by atoms with Crippen LogP contribution in [0.4, 0.5) is 0 Å². The van der Waals surface area contributed by atoms with E-state index < -0.39 is 10.0 Å². The van der Waals surface area contributed by atoms with Gasteiger partial charge >= 0.3 is 0 Å². The van der Waals surface area contributed by atoms with Crippen LogP contribution in [0.3, 0.4) is 0 Å². The smallest absolute Gasteiger partial charge is 0.252 e. The van der Waals surface area contributed by atoms with Crippen molar-refractivity contribution < 1.29 is 17.9 Å². The van der Waals surface area contributed by atoms with E-state index in [4.69, 9.17) is 9.72 Å². The Labute approximate surface area is 202 Å². The largest absolute Gasteiger partial charge is 0.379 e. The van der Waals surface area contributed by atoms with Crippen LogP contribution in [-0.2, 0) is 21.3 Å². The number of fused-ring (bicyclic) bond motifs is 1. The first-order valence-electron chi connectivity index (χ1n) is 10.9. The van der Waals surface area contributed by atoms with Crippen LogP contribution in [0.5, 0.6) is 0 Å². The van der Waals surface area contributed by atoms with Gasteiger partial charge in [-0.15, -0.1) is 11.3 Å². The molecule has 1 amide bonds. The molecule has 34 heavy (non-hydrogen) atoms. The fourth-order valence-corrected chi connectivity index (χ4v) is 6.00. The highest BCUT2D eigenvalue weighted by Crippen LogP contribution is 2.28. The number of thiophene rings is 1. The molecule has 1 saturated heterocycles.